The molecule has 2 amide bonds. The van der Waals surface area contributed by atoms with Crippen molar-refractivity contribution in [3.8, 4) is 0 Å². The summed E-state index contributed by atoms with van der Waals surface area (Å²) >= 11 is 12.2. The van der Waals surface area contributed by atoms with Crippen molar-refractivity contribution in [1.82, 2.24) is 10.2 Å². The maximum atomic E-state index is 14.3. The second-order valence-electron chi connectivity index (χ2n) is 7.03. The van der Waals surface area contributed by atoms with E-state index in [-0.39, 0.29) is 27.8 Å². The van der Waals surface area contributed by atoms with Crippen molar-refractivity contribution in [2.45, 2.75) is 26.4 Å². The Balaban J connectivity index is 2.45. The molecule has 0 radical (unpaired) electrons. The largest absolute Gasteiger partial charge is 0.355 e. The van der Waals surface area contributed by atoms with Crippen LogP contribution >= 0.6 is 23.2 Å². The second kappa shape index (κ2) is 11.0. The van der Waals surface area contributed by atoms with Gasteiger partial charge in [-0.05, 0) is 32.0 Å². The van der Waals surface area contributed by atoms with Crippen LogP contribution in [0.5, 0.6) is 0 Å². The first-order valence-corrected chi connectivity index (χ1v) is 12.3. The fraction of sp³-hybridized carbons (Fsp3) is 0.333. The maximum Gasteiger partial charge on any atom is 0.244 e. The molecule has 0 bridgehead atoms. The van der Waals surface area contributed by atoms with Crippen LogP contribution in [0.3, 0.4) is 0 Å². The van der Waals surface area contributed by atoms with Gasteiger partial charge in [0.15, 0.2) is 0 Å². The second-order valence-corrected chi connectivity index (χ2v) is 9.72. The Bertz CT molecular complexity index is 1100. The summed E-state index contributed by atoms with van der Waals surface area (Å²) in [4.78, 5) is 26.8. The van der Waals surface area contributed by atoms with E-state index in [0.29, 0.717) is 6.54 Å². The average molecular weight is 504 g/mol. The molecule has 2 aromatic carbocycles. The third-order valence-electron chi connectivity index (χ3n) is 4.70. The van der Waals surface area contributed by atoms with Crippen molar-refractivity contribution in [2.24, 2.45) is 0 Å². The van der Waals surface area contributed by atoms with Crippen LogP contribution in [0.1, 0.15) is 19.4 Å². The third kappa shape index (κ3) is 6.34. The molecule has 0 heterocycles. The number of likely N-dealkylation sites (N-methyl/N-ethyl adjacent to an activating group) is 1. The zero-order chi connectivity index (χ0) is 24.1. The summed E-state index contributed by atoms with van der Waals surface area (Å²) in [5.74, 6) is -1.72. The number of anilines is 1. The fourth-order valence-electron chi connectivity index (χ4n) is 2.99. The van der Waals surface area contributed by atoms with Gasteiger partial charge in [-0.1, -0.05) is 47.5 Å². The summed E-state index contributed by atoms with van der Waals surface area (Å²) in [5.41, 5.74) is 0.204. The summed E-state index contributed by atoms with van der Waals surface area (Å²) in [6.07, 6.45) is 0.923. The molecule has 0 aliphatic heterocycles. The number of hydrogen-bond acceptors (Lipinski definition) is 4. The van der Waals surface area contributed by atoms with Gasteiger partial charge < -0.3 is 10.2 Å². The molecule has 1 unspecified atom stereocenters. The molecule has 32 heavy (non-hydrogen) atoms. The molecule has 11 heteroatoms. The minimum atomic E-state index is -3.95. The first-order valence-electron chi connectivity index (χ1n) is 9.69. The van der Waals surface area contributed by atoms with E-state index in [9.17, 15) is 22.4 Å². The molecule has 7 nitrogen and oxygen atoms in total. The van der Waals surface area contributed by atoms with Gasteiger partial charge in [0.1, 0.15) is 18.4 Å². The number of nitrogens with zero attached hydrogens (tertiary/aromatic N) is 2. The zero-order valence-electron chi connectivity index (χ0n) is 17.8. The van der Waals surface area contributed by atoms with E-state index in [4.69, 9.17) is 23.2 Å². The summed E-state index contributed by atoms with van der Waals surface area (Å²) < 4.78 is 40.0. The molecule has 0 spiro atoms. The molecule has 1 atom stereocenters. The normalized spacial score (nSPS) is 12.2. The Kier molecular flexibility index (Phi) is 8.89. The van der Waals surface area contributed by atoms with E-state index in [2.05, 4.69) is 5.32 Å². The summed E-state index contributed by atoms with van der Waals surface area (Å²) in [6.45, 7) is 2.65. The van der Waals surface area contributed by atoms with E-state index < -0.39 is 40.2 Å². The number of halogens is 3. The fourth-order valence-corrected chi connectivity index (χ4v) is 4.30. The highest BCUT2D eigenvalue weighted by molar-refractivity contribution is 7.92. The number of hydrogen-bond donors (Lipinski definition) is 1. The van der Waals surface area contributed by atoms with Crippen molar-refractivity contribution in [2.75, 3.05) is 23.7 Å². The Morgan fingerprint density at radius 1 is 1.12 bits per heavy atom. The van der Waals surface area contributed by atoms with Crippen molar-refractivity contribution in [3.05, 3.63) is 63.9 Å². The lowest BCUT2D eigenvalue weighted by molar-refractivity contribution is -0.139. The standard InChI is InChI=1S/C21H24Cl2FN3O4S/c1-4-25-21(29)14(2)26(12-15-8-5-6-10-17(15)24)19(28)13-27(32(3,30)31)18-11-7-9-16(22)20(18)23/h5-11,14H,4,12-13H2,1-3H3,(H,25,29). The zero-order valence-corrected chi connectivity index (χ0v) is 20.1. The number of sulfonamides is 1. The Morgan fingerprint density at radius 2 is 1.78 bits per heavy atom. The molecule has 1 N–H and O–H groups in total. The van der Waals surface area contributed by atoms with Gasteiger partial charge in [-0.3, -0.25) is 13.9 Å². The number of benzene rings is 2. The van der Waals surface area contributed by atoms with Crippen LogP contribution in [0.25, 0.3) is 0 Å². The quantitative estimate of drug-likeness (QED) is 0.567. The third-order valence-corrected chi connectivity index (χ3v) is 6.63. The summed E-state index contributed by atoms with van der Waals surface area (Å²) in [7, 11) is -3.95. The molecule has 0 fully saturated rings. The molecule has 0 saturated carbocycles. The number of carbonyl (C=O) groups is 2. The molecular formula is C21H24Cl2FN3O4S. The lowest BCUT2D eigenvalue weighted by atomic mass is 10.1. The van der Waals surface area contributed by atoms with Gasteiger partial charge in [0, 0.05) is 18.7 Å². The Morgan fingerprint density at radius 3 is 2.38 bits per heavy atom. The van der Waals surface area contributed by atoms with E-state index in [1.807, 2.05) is 0 Å². The van der Waals surface area contributed by atoms with Crippen LogP contribution in [-0.2, 0) is 26.2 Å². The van der Waals surface area contributed by atoms with Crippen LogP contribution in [0, 0.1) is 5.82 Å². The van der Waals surface area contributed by atoms with E-state index in [1.54, 1.807) is 13.0 Å². The Hall–Kier alpha value is -2.36. The van der Waals surface area contributed by atoms with Gasteiger partial charge in [0.05, 0.1) is 22.0 Å². The topological polar surface area (TPSA) is 86.8 Å². The predicted octanol–water partition coefficient (Wildman–Crippen LogP) is 3.45. The van der Waals surface area contributed by atoms with E-state index in [0.717, 1.165) is 15.5 Å². The van der Waals surface area contributed by atoms with Gasteiger partial charge in [-0.15, -0.1) is 0 Å². The smallest absolute Gasteiger partial charge is 0.244 e. The average Bonchev–Trinajstić information content (AvgIpc) is 2.72. The van der Waals surface area contributed by atoms with Crippen molar-refractivity contribution in [3.63, 3.8) is 0 Å². The lowest BCUT2D eigenvalue weighted by Gasteiger charge is -2.31. The molecule has 0 saturated heterocycles. The minimum absolute atomic E-state index is 0.0199. The molecular weight excluding hydrogens is 480 g/mol. The predicted molar refractivity (Wildman–Crippen MR) is 124 cm³/mol. The van der Waals surface area contributed by atoms with Crippen molar-refractivity contribution < 1.29 is 22.4 Å². The Labute approximate surface area is 197 Å². The van der Waals surface area contributed by atoms with Crippen LogP contribution in [0.4, 0.5) is 10.1 Å². The molecule has 2 aromatic rings. The van der Waals surface area contributed by atoms with Crippen LogP contribution in [-0.4, -0.2) is 50.5 Å². The number of amides is 2. The summed E-state index contributed by atoms with van der Waals surface area (Å²) in [5, 5.41) is 2.69. The van der Waals surface area contributed by atoms with E-state index >= 15 is 0 Å². The minimum Gasteiger partial charge on any atom is -0.355 e. The van der Waals surface area contributed by atoms with E-state index in [1.165, 1.54) is 43.3 Å². The van der Waals surface area contributed by atoms with Crippen molar-refractivity contribution >= 4 is 50.7 Å². The number of rotatable bonds is 9. The molecule has 0 aliphatic carbocycles. The van der Waals surface area contributed by atoms with Crippen LogP contribution < -0.4 is 9.62 Å². The number of carbonyl (C=O) groups excluding carboxylic acids is 2. The van der Waals surface area contributed by atoms with Gasteiger partial charge in [-0.2, -0.15) is 0 Å². The summed E-state index contributed by atoms with van der Waals surface area (Å²) in [6, 6.07) is 9.25. The SMILES string of the molecule is CCNC(=O)C(C)N(Cc1ccccc1F)C(=O)CN(c1cccc(Cl)c1Cl)S(C)(=O)=O. The lowest BCUT2D eigenvalue weighted by Crippen LogP contribution is -2.51. The molecule has 174 valence electrons. The first-order chi connectivity index (χ1) is 15.0. The van der Waals surface area contributed by atoms with Gasteiger partial charge in [-0.25, -0.2) is 12.8 Å². The number of nitrogens with one attached hydrogen (secondary N) is 1. The molecule has 0 aromatic heterocycles. The molecule has 0 aliphatic rings. The highest BCUT2D eigenvalue weighted by atomic mass is 35.5. The first kappa shape index (κ1) is 25.9. The highest BCUT2D eigenvalue weighted by Crippen LogP contribution is 2.33. The van der Waals surface area contributed by atoms with Crippen LogP contribution in [0.2, 0.25) is 10.0 Å². The van der Waals surface area contributed by atoms with Crippen molar-refractivity contribution in [1.29, 1.82) is 0 Å². The monoisotopic (exact) mass is 503 g/mol. The van der Waals surface area contributed by atoms with Gasteiger partial charge in [0.2, 0.25) is 21.8 Å². The maximum absolute atomic E-state index is 14.3. The highest BCUT2D eigenvalue weighted by Gasteiger charge is 2.31. The van der Waals surface area contributed by atoms with Gasteiger partial charge in [0.25, 0.3) is 0 Å². The molecule has 2 rings (SSSR count). The van der Waals surface area contributed by atoms with Crippen LogP contribution in [0.15, 0.2) is 42.5 Å². The van der Waals surface area contributed by atoms with Gasteiger partial charge >= 0.3 is 0 Å².